The van der Waals surface area contributed by atoms with Crippen LogP contribution in [-0.2, 0) is 16.0 Å². The molecule has 2 amide bonds. The largest absolute Gasteiger partial charge is 0.484 e. The summed E-state index contributed by atoms with van der Waals surface area (Å²) in [4.78, 5) is 24.9. The molecular formula is C15H20N2O3. The predicted molar refractivity (Wildman–Crippen MR) is 75.5 cm³/mol. The second kappa shape index (κ2) is 6.93. The van der Waals surface area contributed by atoms with Gasteiger partial charge < -0.3 is 15.0 Å². The second-order valence-electron chi connectivity index (χ2n) is 4.77. The van der Waals surface area contributed by atoms with Crippen LogP contribution in [0.3, 0.4) is 0 Å². The maximum absolute atomic E-state index is 12.0. The summed E-state index contributed by atoms with van der Waals surface area (Å²) < 4.78 is 5.49. The highest BCUT2D eigenvalue weighted by Crippen LogP contribution is 2.12. The molecule has 1 aromatic rings. The van der Waals surface area contributed by atoms with Crippen LogP contribution in [0.2, 0.25) is 0 Å². The van der Waals surface area contributed by atoms with Gasteiger partial charge in [-0.25, -0.2) is 0 Å². The number of nitrogens with one attached hydrogen (secondary N) is 1. The third kappa shape index (κ3) is 3.98. The summed E-state index contributed by atoms with van der Waals surface area (Å²) in [6.07, 6.45) is 1.34. The van der Waals surface area contributed by atoms with Crippen LogP contribution in [0, 0.1) is 0 Å². The van der Waals surface area contributed by atoms with E-state index in [0.29, 0.717) is 31.8 Å². The molecule has 0 saturated carbocycles. The van der Waals surface area contributed by atoms with E-state index in [4.69, 9.17) is 4.74 Å². The van der Waals surface area contributed by atoms with Crippen molar-refractivity contribution in [1.29, 1.82) is 0 Å². The van der Waals surface area contributed by atoms with E-state index in [2.05, 4.69) is 12.2 Å². The standard InChI is InChI=1S/C15H20N2O3/c1-2-12-3-5-13(6-4-12)20-11-15(19)17-9-7-14(18)16-8-10-17/h3-6H,2,7-11H2,1H3,(H,16,18). The predicted octanol–water partition coefficient (Wildman–Crippen LogP) is 0.976. The van der Waals surface area contributed by atoms with Gasteiger partial charge >= 0.3 is 0 Å². The molecule has 5 nitrogen and oxygen atoms in total. The van der Waals surface area contributed by atoms with Crippen LogP contribution in [0.15, 0.2) is 24.3 Å². The summed E-state index contributed by atoms with van der Waals surface area (Å²) in [5, 5.41) is 2.74. The monoisotopic (exact) mass is 276 g/mol. The zero-order valence-electron chi connectivity index (χ0n) is 11.7. The van der Waals surface area contributed by atoms with Gasteiger partial charge in [-0.05, 0) is 24.1 Å². The number of amides is 2. The molecule has 20 heavy (non-hydrogen) atoms. The fourth-order valence-corrected chi connectivity index (χ4v) is 2.07. The van der Waals surface area contributed by atoms with Crippen LogP contribution >= 0.6 is 0 Å². The lowest BCUT2D eigenvalue weighted by Crippen LogP contribution is -2.37. The van der Waals surface area contributed by atoms with Gasteiger partial charge in [0.05, 0.1) is 0 Å². The van der Waals surface area contributed by atoms with Crippen molar-refractivity contribution in [2.75, 3.05) is 26.2 Å². The average molecular weight is 276 g/mol. The molecule has 0 aliphatic carbocycles. The Hall–Kier alpha value is -2.04. The molecule has 5 heteroatoms. The normalized spacial score (nSPS) is 15.4. The van der Waals surface area contributed by atoms with Crippen molar-refractivity contribution in [2.24, 2.45) is 0 Å². The number of carbonyl (C=O) groups is 2. The molecule has 1 aromatic carbocycles. The Bertz CT molecular complexity index is 471. The summed E-state index contributed by atoms with van der Waals surface area (Å²) in [5.74, 6) is 0.608. The minimum absolute atomic E-state index is 0.00336. The molecule has 108 valence electrons. The van der Waals surface area contributed by atoms with Gasteiger partial charge in [-0.1, -0.05) is 19.1 Å². The zero-order chi connectivity index (χ0) is 14.4. The van der Waals surface area contributed by atoms with Crippen LogP contribution in [0.25, 0.3) is 0 Å². The molecule has 2 rings (SSSR count). The smallest absolute Gasteiger partial charge is 0.260 e. The Morgan fingerprint density at radius 3 is 2.75 bits per heavy atom. The number of aryl methyl sites for hydroxylation is 1. The molecular weight excluding hydrogens is 256 g/mol. The SMILES string of the molecule is CCc1ccc(OCC(=O)N2CCNC(=O)CC2)cc1. The Morgan fingerprint density at radius 2 is 2.05 bits per heavy atom. The van der Waals surface area contributed by atoms with E-state index in [1.807, 2.05) is 24.3 Å². The number of rotatable bonds is 4. The molecule has 1 heterocycles. The van der Waals surface area contributed by atoms with E-state index in [1.165, 1.54) is 5.56 Å². The van der Waals surface area contributed by atoms with Gasteiger partial charge in [-0.3, -0.25) is 9.59 Å². The fourth-order valence-electron chi connectivity index (χ4n) is 2.07. The third-order valence-electron chi connectivity index (χ3n) is 3.36. The Kier molecular flexibility index (Phi) is 4.98. The van der Waals surface area contributed by atoms with Gasteiger partial charge in [-0.15, -0.1) is 0 Å². The van der Waals surface area contributed by atoms with Crippen molar-refractivity contribution in [3.8, 4) is 5.75 Å². The van der Waals surface area contributed by atoms with Gasteiger partial charge in [0.15, 0.2) is 6.61 Å². The number of hydrogen-bond donors (Lipinski definition) is 1. The highest BCUT2D eigenvalue weighted by Gasteiger charge is 2.18. The quantitative estimate of drug-likeness (QED) is 0.891. The first-order valence-electron chi connectivity index (χ1n) is 6.95. The number of carbonyl (C=O) groups excluding carboxylic acids is 2. The van der Waals surface area contributed by atoms with E-state index < -0.39 is 0 Å². The van der Waals surface area contributed by atoms with Crippen LogP contribution in [-0.4, -0.2) is 43.0 Å². The van der Waals surface area contributed by atoms with Crippen LogP contribution in [0.4, 0.5) is 0 Å². The molecule has 0 radical (unpaired) electrons. The average Bonchev–Trinajstić information content (AvgIpc) is 2.70. The minimum Gasteiger partial charge on any atom is -0.484 e. The highest BCUT2D eigenvalue weighted by molar-refractivity contribution is 5.80. The maximum atomic E-state index is 12.0. The van der Waals surface area contributed by atoms with Crippen LogP contribution in [0.1, 0.15) is 18.9 Å². The van der Waals surface area contributed by atoms with Gasteiger partial charge in [0.2, 0.25) is 5.91 Å². The van der Waals surface area contributed by atoms with E-state index in [0.717, 1.165) is 6.42 Å². The first-order valence-corrected chi connectivity index (χ1v) is 6.95. The summed E-state index contributed by atoms with van der Waals surface area (Å²) >= 11 is 0. The molecule has 0 unspecified atom stereocenters. The molecule has 0 bridgehead atoms. The van der Waals surface area contributed by atoms with Crippen LogP contribution in [0.5, 0.6) is 5.75 Å². The van der Waals surface area contributed by atoms with Crippen molar-refractivity contribution in [2.45, 2.75) is 19.8 Å². The van der Waals surface area contributed by atoms with Gasteiger partial charge in [0.1, 0.15) is 5.75 Å². The summed E-state index contributed by atoms with van der Waals surface area (Å²) in [5.41, 5.74) is 1.24. The lowest BCUT2D eigenvalue weighted by atomic mass is 10.2. The van der Waals surface area contributed by atoms with Crippen molar-refractivity contribution < 1.29 is 14.3 Å². The Labute approximate surface area is 118 Å². The van der Waals surface area contributed by atoms with Crippen molar-refractivity contribution in [1.82, 2.24) is 10.2 Å². The van der Waals surface area contributed by atoms with Crippen molar-refractivity contribution >= 4 is 11.8 Å². The van der Waals surface area contributed by atoms with Gasteiger partial charge in [0.25, 0.3) is 5.91 Å². The minimum atomic E-state index is -0.0823. The summed E-state index contributed by atoms with van der Waals surface area (Å²) in [6.45, 7) is 3.62. The molecule has 1 saturated heterocycles. The zero-order valence-corrected chi connectivity index (χ0v) is 11.7. The van der Waals surface area contributed by atoms with E-state index >= 15 is 0 Å². The lowest BCUT2D eigenvalue weighted by molar-refractivity contribution is -0.133. The summed E-state index contributed by atoms with van der Waals surface area (Å²) in [6, 6.07) is 7.74. The first kappa shape index (κ1) is 14.4. The lowest BCUT2D eigenvalue weighted by Gasteiger charge is -2.19. The molecule has 1 aliphatic heterocycles. The molecule has 1 fully saturated rings. The van der Waals surface area contributed by atoms with Crippen LogP contribution < -0.4 is 10.1 Å². The third-order valence-corrected chi connectivity index (χ3v) is 3.36. The number of hydrogen-bond acceptors (Lipinski definition) is 3. The second-order valence-corrected chi connectivity index (χ2v) is 4.77. The number of ether oxygens (including phenoxy) is 1. The topological polar surface area (TPSA) is 58.6 Å². The van der Waals surface area contributed by atoms with E-state index in [9.17, 15) is 9.59 Å². The van der Waals surface area contributed by atoms with E-state index in [-0.39, 0.29) is 18.4 Å². The number of nitrogens with zero attached hydrogens (tertiary/aromatic N) is 1. The van der Waals surface area contributed by atoms with Gasteiger partial charge in [0, 0.05) is 26.1 Å². The first-order chi connectivity index (χ1) is 9.69. The Balaban J connectivity index is 1.83. The molecule has 1 aliphatic rings. The van der Waals surface area contributed by atoms with Crippen molar-refractivity contribution in [3.63, 3.8) is 0 Å². The molecule has 0 spiro atoms. The summed E-state index contributed by atoms with van der Waals surface area (Å²) in [7, 11) is 0. The fraction of sp³-hybridized carbons (Fsp3) is 0.467. The molecule has 0 atom stereocenters. The molecule has 0 aromatic heterocycles. The number of benzene rings is 1. The van der Waals surface area contributed by atoms with E-state index in [1.54, 1.807) is 4.90 Å². The highest BCUT2D eigenvalue weighted by atomic mass is 16.5. The van der Waals surface area contributed by atoms with Gasteiger partial charge in [-0.2, -0.15) is 0 Å². The van der Waals surface area contributed by atoms with Crippen molar-refractivity contribution in [3.05, 3.63) is 29.8 Å². The maximum Gasteiger partial charge on any atom is 0.260 e. The molecule has 1 N–H and O–H groups in total. The Morgan fingerprint density at radius 1 is 1.30 bits per heavy atom.